The summed E-state index contributed by atoms with van der Waals surface area (Å²) in [5, 5.41) is 1.05. The van der Waals surface area contributed by atoms with Crippen molar-refractivity contribution in [1.29, 1.82) is 0 Å². The van der Waals surface area contributed by atoms with Crippen LogP contribution in [0.2, 0.25) is 0 Å². The zero-order valence-corrected chi connectivity index (χ0v) is 13.5. The number of aryl methyl sites for hydroxylation is 1. The molecule has 3 heteroatoms. The highest BCUT2D eigenvalue weighted by Crippen LogP contribution is 2.27. The summed E-state index contributed by atoms with van der Waals surface area (Å²) >= 11 is 0. The van der Waals surface area contributed by atoms with Gasteiger partial charge in [0.25, 0.3) is 5.91 Å². The van der Waals surface area contributed by atoms with Crippen LogP contribution >= 0.6 is 0 Å². The topological polar surface area (TPSA) is 25.2 Å². The molecule has 1 saturated heterocycles. The first-order valence-corrected chi connectivity index (χ1v) is 8.22. The summed E-state index contributed by atoms with van der Waals surface area (Å²) < 4.78 is 2.16. The van der Waals surface area contributed by atoms with E-state index in [0.717, 1.165) is 48.0 Å². The largest absolute Gasteiger partial charge is 0.347 e. The molecule has 0 N–H and O–H groups in total. The molecule has 1 unspecified atom stereocenters. The SMILES string of the molecule is C=Cc1ccc2c(C(=O)N3CCCCC3C)cn(CC)c2c1. The van der Waals surface area contributed by atoms with Gasteiger partial charge in [-0.15, -0.1) is 0 Å². The predicted molar refractivity (Wildman–Crippen MR) is 92.1 cm³/mol. The quantitative estimate of drug-likeness (QED) is 0.828. The molecule has 3 nitrogen and oxygen atoms in total. The standard InChI is InChI=1S/C19H24N2O/c1-4-15-9-10-16-17(13-20(5-2)18(16)12-15)19(22)21-11-7-6-8-14(21)3/h4,9-10,12-14H,1,5-8,11H2,2-3H3. The Hall–Kier alpha value is -2.03. The second-order valence-corrected chi connectivity index (χ2v) is 6.15. The van der Waals surface area contributed by atoms with Crippen molar-refractivity contribution in [2.75, 3.05) is 6.54 Å². The molecule has 1 atom stereocenters. The van der Waals surface area contributed by atoms with Crippen molar-refractivity contribution < 1.29 is 4.79 Å². The summed E-state index contributed by atoms with van der Waals surface area (Å²) in [6.07, 6.45) is 7.31. The molecule has 0 bridgehead atoms. The first-order valence-electron chi connectivity index (χ1n) is 8.22. The number of likely N-dealkylation sites (tertiary alicyclic amines) is 1. The number of hydrogen-bond donors (Lipinski definition) is 0. The number of benzene rings is 1. The number of aromatic nitrogens is 1. The van der Waals surface area contributed by atoms with Crippen LogP contribution in [0.4, 0.5) is 0 Å². The summed E-state index contributed by atoms with van der Waals surface area (Å²) in [5.41, 5.74) is 3.04. The van der Waals surface area contributed by atoms with Crippen molar-refractivity contribution in [3.05, 3.63) is 42.1 Å². The van der Waals surface area contributed by atoms with Crippen LogP contribution in [0.5, 0.6) is 0 Å². The van der Waals surface area contributed by atoms with Gasteiger partial charge in [-0.05, 0) is 44.7 Å². The van der Waals surface area contributed by atoms with Gasteiger partial charge in [-0.25, -0.2) is 0 Å². The summed E-state index contributed by atoms with van der Waals surface area (Å²) in [7, 11) is 0. The minimum Gasteiger partial charge on any atom is -0.347 e. The highest BCUT2D eigenvalue weighted by molar-refractivity contribution is 6.07. The van der Waals surface area contributed by atoms with E-state index in [4.69, 9.17) is 0 Å². The number of amides is 1. The molecule has 1 aliphatic rings. The lowest BCUT2D eigenvalue weighted by atomic mass is 10.0. The lowest BCUT2D eigenvalue weighted by molar-refractivity contribution is 0.0637. The maximum Gasteiger partial charge on any atom is 0.256 e. The second-order valence-electron chi connectivity index (χ2n) is 6.15. The van der Waals surface area contributed by atoms with Crippen LogP contribution in [0.25, 0.3) is 17.0 Å². The van der Waals surface area contributed by atoms with Crippen molar-refractivity contribution in [2.24, 2.45) is 0 Å². The molecular weight excluding hydrogens is 272 g/mol. The molecule has 1 aromatic carbocycles. The van der Waals surface area contributed by atoms with Crippen molar-refractivity contribution in [3.8, 4) is 0 Å². The Kier molecular flexibility index (Phi) is 4.06. The van der Waals surface area contributed by atoms with Crippen molar-refractivity contribution in [1.82, 2.24) is 9.47 Å². The number of rotatable bonds is 3. The Labute approximate surface area is 132 Å². The normalized spacial score (nSPS) is 18.6. The van der Waals surface area contributed by atoms with Crippen LogP contribution in [0, 0.1) is 0 Å². The minimum absolute atomic E-state index is 0.177. The summed E-state index contributed by atoms with van der Waals surface area (Å²) in [4.78, 5) is 15.0. The van der Waals surface area contributed by atoms with Crippen LogP contribution in [0.15, 0.2) is 31.0 Å². The Bertz CT molecular complexity index is 714. The number of fused-ring (bicyclic) bond motifs is 1. The zero-order valence-electron chi connectivity index (χ0n) is 13.5. The van der Waals surface area contributed by atoms with Crippen molar-refractivity contribution >= 4 is 22.9 Å². The highest BCUT2D eigenvalue weighted by Gasteiger charge is 2.26. The number of carbonyl (C=O) groups is 1. The lowest BCUT2D eigenvalue weighted by Gasteiger charge is -2.33. The maximum absolute atomic E-state index is 13.0. The number of nitrogens with zero attached hydrogens (tertiary/aromatic N) is 2. The van der Waals surface area contributed by atoms with Gasteiger partial charge in [0.1, 0.15) is 0 Å². The third kappa shape index (κ3) is 2.45. The first-order chi connectivity index (χ1) is 10.7. The average Bonchev–Trinajstić information content (AvgIpc) is 2.92. The van der Waals surface area contributed by atoms with E-state index in [2.05, 4.69) is 37.1 Å². The van der Waals surface area contributed by atoms with Gasteiger partial charge in [-0.1, -0.05) is 24.8 Å². The Morgan fingerprint density at radius 2 is 2.23 bits per heavy atom. The van der Waals surface area contributed by atoms with Gasteiger partial charge in [-0.3, -0.25) is 4.79 Å². The number of hydrogen-bond acceptors (Lipinski definition) is 1. The van der Waals surface area contributed by atoms with Gasteiger partial charge < -0.3 is 9.47 Å². The molecule has 22 heavy (non-hydrogen) atoms. The third-order valence-corrected chi connectivity index (χ3v) is 4.78. The molecule has 1 aromatic heterocycles. The Morgan fingerprint density at radius 1 is 1.41 bits per heavy atom. The van der Waals surface area contributed by atoms with Crippen LogP contribution in [0.3, 0.4) is 0 Å². The lowest BCUT2D eigenvalue weighted by Crippen LogP contribution is -2.41. The highest BCUT2D eigenvalue weighted by atomic mass is 16.2. The van der Waals surface area contributed by atoms with Gasteiger partial charge in [0.2, 0.25) is 0 Å². The molecule has 2 aromatic rings. The fourth-order valence-electron chi connectivity index (χ4n) is 3.42. The van der Waals surface area contributed by atoms with Crippen LogP contribution in [-0.2, 0) is 6.54 Å². The maximum atomic E-state index is 13.0. The molecule has 1 aliphatic heterocycles. The molecule has 2 heterocycles. The van der Waals surface area contributed by atoms with Crippen LogP contribution in [-0.4, -0.2) is 28.0 Å². The van der Waals surface area contributed by atoms with E-state index in [9.17, 15) is 4.79 Å². The summed E-state index contributed by atoms with van der Waals surface area (Å²) in [6, 6.07) is 6.54. The average molecular weight is 296 g/mol. The molecule has 0 spiro atoms. The van der Waals surface area contributed by atoms with Gasteiger partial charge in [0, 0.05) is 36.2 Å². The Morgan fingerprint density at radius 3 is 2.91 bits per heavy atom. The van der Waals surface area contributed by atoms with E-state index in [1.165, 1.54) is 6.42 Å². The predicted octanol–water partition coefficient (Wildman–Crippen LogP) is 4.32. The minimum atomic E-state index is 0.177. The van der Waals surface area contributed by atoms with Gasteiger partial charge in [0.15, 0.2) is 0 Å². The third-order valence-electron chi connectivity index (χ3n) is 4.78. The molecule has 0 radical (unpaired) electrons. The fourth-order valence-corrected chi connectivity index (χ4v) is 3.42. The monoisotopic (exact) mass is 296 g/mol. The summed E-state index contributed by atoms with van der Waals surface area (Å²) in [5.74, 6) is 0.177. The van der Waals surface area contributed by atoms with E-state index >= 15 is 0 Å². The van der Waals surface area contributed by atoms with E-state index in [1.807, 2.05) is 23.2 Å². The molecule has 116 valence electrons. The zero-order chi connectivity index (χ0) is 15.7. The van der Waals surface area contributed by atoms with Gasteiger partial charge >= 0.3 is 0 Å². The van der Waals surface area contributed by atoms with Gasteiger partial charge in [-0.2, -0.15) is 0 Å². The second kappa shape index (κ2) is 5.99. The molecule has 0 saturated carbocycles. The van der Waals surface area contributed by atoms with Crippen molar-refractivity contribution in [3.63, 3.8) is 0 Å². The molecule has 1 amide bonds. The fraction of sp³-hybridized carbons (Fsp3) is 0.421. The van der Waals surface area contributed by atoms with E-state index in [1.54, 1.807) is 0 Å². The molecular formula is C19H24N2O. The van der Waals surface area contributed by atoms with Gasteiger partial charge in [0.05, 0.1) is 5.56 Å². The molecule has 1 fully saturated rings. The molecule has 3 rings (SSSR count). The first kappa shape index (κ1) is 14.9. The summed E-state index contributed by atoms with van der Waals surface area (Å²) in [6.45, 7) is 9.84. The smallest absolute Gasteiger partial charge is 0.256 e. The number of piperidine rings is 1. The molecule has 0 aliphatic carbocycles. The van der Waals surface area contributed by atoms with Crippen molar-refractivity contribution in [2.45, 2.75) is 45.7 Å². The number of carbonyl (C=O) groups excluding carboxylic acids is 1. The van der Waals surface area contributed by atoms with E-state index in [0.29, 0.717) is 6.04 Å². The van der Waals surface area contributed by atoms with E-state index in [-0.39, 0.29) is 5.91 Å². The van der Waals surface area contributed by atoms with E-state index < -0.39 is 0 Å². The Balaban J connectivity index is 2.06. The van der Waals surface area contributed by atoms with Crippen LogP contribution < -0.4 is 0 Å². The van der Waals surface area contributed by atoms with Crippen LogP contribution in [0.1, 0.15) is 49.0 Å².